The maximum atomic E-state index is 15.0. The molecule has 0 heterocycles. The van der Waals surface area contributed by atoms with E-state index in [2.05, 4.69) is 0 Å². The molecule has 4 rings (SSSR count). The predicted octanol–water partition coefficient (Wildman–Crippen LogP) is 11.3. The summed E-state index contributed by atoms with van der Waals surface area (Å²) in [4.78, 5) is 0. The van der Waals surface area contributed by atoms with E-state index in [1.807, 2.05) is 0 Å². The summed E-state index contributed by atoms with van der Waals surface area (Å²) in [6, 6.07) is -8.09. The molecule has 0 unspecified atom stereocenters. The van der Waals surface area contributed by atoms with Crippen LogP contribution in [0.1, 0.15) is 45.9 Å². The number of halogens is 24. The van der Waals surface area contributed by atoms with Crippen molar-refractivity contribution in [3.63, 3.8) is 0 Å². The van der Waals surface area contributed by atoms with E-state index in [9.17, 15) is 0 Å². The molecule has 0 aliphatic heterocycles. The zero-order chi connectivity index (χ0) is 43.9. The third kappa shape index (κ3) is 8.19. The highest BCUT2D eigenvalue weighted by Crippen LogP contribution is 2.46. The molecule has 25 heteroatoms. The van der Waals surface area contributed by atoms with Crippen LogP contribution in [0, 0.1) is 0 Å². The van der Waals surface area contributed by atoms with E-state index < -0.39 is 195 Å². The van der Waals surface area contributed by atoms with E-state index in [1.54, 1.807) is 0 Å². The fraction of sp³-hybridized carbons (Fsp3) is 0.250. The largest absolute Gasteiger partial charge is 1.00 e. The van der Waals surface area contributed by atoms with Gasteiger partial charge in [-0.1, -0.05) is 72.8 Å². The molecule has 0 radical (unpaired) electrons. The van der Waals surface area contributed by atoms with Crippen LogP contribution in [-0.2, 0) is 49.4 Å². The Morgan fingerprint density at radius 2 is 0.333 bits per heavy atom. The minimum absolute atomic E-state index is 0. The molecule has 0 saturated heterocycles. The SMILES string of the molecule is FC(F)(F)c1cccc(C(F)(F)F)c1[B-](c1c(C(F)(F)F)cccc1C(F)(F)F)(c1c(C(F)(F)F)cccc1C(F)(F)F)c1c(C(F)(F)F)cccc1C(F)(F)F.[H+]. The van der Waals surface area contributed by atoms with Crippen LogP contribution in [0.25, 0.3) is 0 Å². The van der Waals surface area contributed by atoms with Crippen LogP contribution < -0.4 is 21.9 Å². The normalized spacial score (nSPS) is 14.3. The summed E-state index contributed by atoms with van der Waals surface area (Å²) in [6.07, 6.45) is -62.5. The first kappa shape index (κ1) is 45.0. The second-order valence-corrected chi connectivity index (χ2v) is 11.9. The Kier molecular flexibility index (Phi) is 10.8. The third-order valence-electron chi connectivity index (χ3n) is 8.60. The van der Waals surface area contributed by atoms with Gasteiger partial charge in [-0.05, 0) is 0 Å². The monoisotopic (exact) mass is 864 g/mol. The van der Waals surface area contributed by atoms with Crippen LogP contribution in [0.2, 0.25) is 0 Å². The molecule has 4 aromatic carbocycles. The molecular weight excluding hydrogens is 851 g/mol. The summed E-state index contributed by atoms with van der Waals surface area (Å²) in [5, 5.41) is 0. The molecule has 0 spiro atoms. The smallest absolute Gasteiger partial charge is 0.171 e. The van der Waals surface area contributed by atoms with Crippen LogP contribution in [0.15, 0.2) is 72.8 Å². The molecule has 312 valence electrons. The Morgan fingerprint density at radius 3 is 0.421 bits per heavy atom. The van der Waals surface area contributed by atoms with Crippen molar-refractivity contribution < 1.29 is 107 Å². The van der Waals surface area contributed by atoms with E-state index >= 15 is 105 Å². The zero-order valence-corrected chi connectivity index (χ0v) is 26.6. The Bertz CT molecular complexity index is 1700. The first-order valence-corrected chi connectivity index (χ1v) is 14.7. The van der Waals surface area contributed by atoms with E-state index in [4.69, 9.17) is 0 Å². The molecule has 0 amide bonds. The quantitative estimate of drug-likeness (QED) is 0.142. The Morgan fingerprint density at radius 1 is 0.228 bits per heavy atom. The lowest BCUT2D eigenvalue weighted by molar-refractivity contribution is -0.142. The fourth-order valence-electron chi connectivity index (χ4n) is 6.97. The van der Waals surface area contributed by atoms with Crippen LogP contribution in [0.3, 0.4) is 0 Å². The van der Waals surface area contributed by atoms with Gasteiger partial charge in [-0.3, -0.25) is 0 Å². The summed E-state index contributed by atoms with van der Waals surface area (Å²) in [5.41, 5.74) is -42.7. The highest BCUT2D eigenvalue weighted by atomic mass is 19.4. The van der Waals surface area contributed by atoms with Crippen molar-refractivity contribution >= 4 is 28.0 Å². The van der Waals surface area contributed by atoms with Gasteiger partial charge in [-0.15, -0.1) is 0 Å². The number of hydrogen-bond donors (Lipinski definition) is 0. The molecule has 0 fully saturated rings. The Labute approximate surface area is 302 Å². The van der Waals surface area contributed by atoms with Crippen molar-refractivity contribution in [1.82, 2.24) is 0 Å². The molecule has 0 N–H and O–H groups in total. The second kappa shape index (κ2) is 13.7. The highest BCUT2D eigenvalue weighted by molar-refractivity contribution is 7.21. The van der Waals surface area contributed by atoms with Gasteiger partial charge in [-0.25, -0.2) is 0 Å². The molecule has 0 bridgehead atoms. The van der Waals surface area contributed by atoms with Gasteiger partial charge in [0.25, 0.3) is 0 Å². The minimum Gasteiger partial charge on any atom is -0.171 e. The van der Waals surface area contributed by atoms with Gasteiger partial charge in [0.15, 0.2) is 0 Å². The van der Waals surface area contributed by atoms with Gasteiger partial charge in [0.05, 0.1) is 0 Å². The maximum Gasteiger partial charge on any atom is 1.00 e. The van der Waals surface area contributed by atoms with Gasteiger partial charge in [0.1, 0.15) is 6.15 Å². The van der Waals surface area contributed by atoms with Gasteiger partial charge < -0.3 is 0 Å². The third-order valence-corrected chi connectivity index (χ3v) is 8.60. The molecule has 57 heavy (non-hydrogen) atoms. The summed E-state index contributed by atoms with van der Waals surface area (Å²) >= 11 is 0. The first-order valence-electron chi connectivity index (χ1n) is 14.7. The average Bonchev–Trinajstić information content (AvgIpc) is 3.01. The standard InChI is InChI=1S/C32H12BF24/c34-25(35,36)13-5-1-6-14(26(37,38)39)21(13)33(22-15(27(40,41)42)7-2-8-16(22)28(43,44)45,23-17(29(46,47)48)9-3-10-18(23)30(49,50)51)24-19(31(52,53)54)11-4-12-20(24)32(55,56)57/h1-12H/q-1/p+1. The van der Waals surface area contributed by atoms with Crippen LogP contribution in [-0.4, -0.2) is 6.15 Å². The van der Waals surface area contributed by atoms with Crippen LogP contribution in [0.5, 0.6) is 0 Å². The molecule has 0 saturated carbocycles. The zero-order valence-electron chi connectivity index (χ0n) is 27.6. The number of rotatable bonds is 4. The molecule has 0 aromatic heterocycles. The number of benzene rings is 4. The molecular formula is C32H13BF24. The fourth-order valence-corrected chi connectivity index (χ4v) is 6.97. The van der Waals surface area contributed by atoms with Crippen molar-refractivity contribution in [1.29, 1.82) is 0 Å². The van der Waals surface area contributed by atoms with E-state index in [0.29, 0.717) is 0 Å². The van der Waals surface area contributed by atoms with Crippen molar-refractivity contribution in [3.05, 3.63) is 117 Å². The van der Waals surface area contributed by atoms with Gasteiger partial charge in [0.2, 0.25) is 0 Å². The van der Waals surface area contributed by atoms with Crippen molar-refractivity contribution in [2.24, 2.45) is 0 Å². The molecule has 0 aliphatic rings. The molecule has 0 aliphatic carbocycles. The predicted molar refractivity (Wildman–Crippen MR) is 151 cm³/mol. The summed E-state index contributed by atoms with van der Waals surface area (Å²) in [5.74, 6) is 0. The van der Waals surface area contributed by atoms with E-state index in [-0.39, 0.29) is 1.43 Å². The average molecular weight is 864 g/mol. The lowest BCUT2D eigenvalue weighted by atomic mass is 9.10. The maximum absolute atomic E-state index is 15.0. The van der Waals surface area contributed by atoms with Gasteiger partial charge in [0, 0.05) is 44.5 Å². The van der Waals surface area contributed by atoms with Gasteiger partial charge >= 0.3 is 50.8 Å². The Balaban J connectivity index is 0.00000900. The van der Waals surface area contributed by atoms with Crippen LogP contribution >= 0.6 is 0 Å². The Hall–Kier alpha value is -4.74. The van der Waals surface area contributed by atoms with Crippen molar-refractivity contribution in [2.45, 2.75) is 49.4 Å². The van der Waals surface area contributed by atoms with E-state index in [0.717, 1.165) is 0 Å². The lowest BCUT2D eigenvalue weighted by Crippen LogP contribution is -2.81. The molecule has 4 aromatic rings. The second-order valence-electron chi connectivity index (χ2n) is 11.9. The summed E-state index contributed by atoms with van der Waals surface area (Å²) < 4.78 is 360. The van der Waals surface area contributed by atoms with Gasteiger partial charge in [-0.2, -0.15) is 127 Å². The van der Waals surface area contributed by atoms with E-state index in [1.165, 1.54) is 0 Å². The van der Waals surface area contributed by atoms with Crippen molar-refractivity contribution in [3.8, 4) is 0 Å². The highest BCUT2D eigenvalue weighted by Gasteiger charge is 2.58. The van der Waals surface area contributed by atoms with Crippen LogP contribution in [0.4, 0.5) is 105 Å². The number of hydrogen-bond acceptors (Lipinski definition) is 0. The summed E-state index contributed by atoms with van der Waals surface area (Å²) in [6.45, 7) is 0. The first-order chi connectivity index (χ1) is 25.4. The summed E-state index contributed by atoms with van der Waals surface area (Å²) in [7, 11) is 0. The molecule has 0 nitrogen and oxygen atoms in total. The minimum atomic E-state index is -7.76. The topological polar surface area (TPSA) is 0 Å². The number of alkyl halides is 24. The lowest BCUT2D eigenvalue weighted by Gasteiger charge is -2.52. The van der Waals surface area contributed by atoms with Crippen molar-refractivity contribution in [2.75, 3.05) is 0 Å². The molecule has 0 atom stereocenters.